The smallest absolute Gasteiger partial charge is 0.158 e. The molecule has 0 radical (unpaired) electrons. The fourth-order valence-corrected chi connectivity index (χ4v) is 1.06. The summed E-state index contributed by atoms with van der Waals surface area (Å²) in [6.07, 6.45) is 0. The van der Waals surface area contributed by atoms with E-state index in [0.717, 1.165) is 24.7 Å². The van der Waals surface area contributed by atoms with Gasteiger partial charge in [0.2, 0.25) is 0 Å². The van der Waals surface area contributed by atoms with E-state index in [0.29, 0.717) is 13.2 Å². The minimum atomic E-state index is 0.530. The molecule has 5 nitrogen and oxygen atoms in total. The van der Waals surface area contributed by atoms with Gasteiger partial charge in [-0.2, -0.15) is 0 Å². The summed E-state index contributed by atoms with van der Waals surface area (Å²) in [7, 11) is 1.94. The molecule has 1 aromatic heterocycles. The number of aromatic nitrogens is 3. The van der Waals surface area contributed by atoms with Crippen molar-refractivity contribution < 1.29 is 4.74 Å². The lowest BCUT2D eigenvalue weighted by molar-refractivity contribution is 0.115. The third kappa shape index (κ3) is 3.08. The second kappa shape index (κ2) is 5.72. The van der Waals surface area contributed by atoms with E-state index < -0.39 is 0 Å². The molecule has 0 aromatic carbocycles. The van der Waals surface area contributed by atoms with Crippen LogP contribution in [0.4, 0.5) is 0 Å². The Morgan fingerprint density at radius 1 is 1.43 bits per heavy atom. The third-order valence-electron chi connectivity index (χ3n) is 2.09. The lowest BCUT2D eigenvalue weighted by atomic mass is 10.6. The van der Waals surface area contributed by atoms with Gasteiger partial charge < -0.3 is 14.6 Å². The van der Waals surface area contributed by atoms with Crippen LogP contribution in [0, 0.1) is 6.92 Å². The van der Waals surface area contributed by atoms with Crippen LogP contribution < -0.4 is 5.32 Å². The molecule has 0 fully saturated rings. The summed E-state index contributed by atoms with van der Waals surface area (Å²) in [5, 5.41) is 11.1. The summed E-state index contributed by atoms with van der Waals surface area (Å²) >= 11 is 0. The number of nitrogens with one attached hydrogen (secondary N) is 1. The fourth-order valence-electron chi connectivity index (χ4n) is 1.06. The second-order valence-corrected chi connectivity index (χ2v) is 3.13. The first-order valence-corrected chi connectivity index (χ1v) is 4.89. The topological polar surface area (TPSA) is 52.0 Å². The highest BCUT2D eigenvalue weighted by Gasteiger charge is 2.03. The standard InChI is InChI=1S/C9H18N4O/c1-4-10-5-6-14-7-9-12-11-8(2)13(9)3/h10H,4-7H2,1-3H3. The van der Waals surface area contributed by atoms with Gasteiger partial charge in [0.25, 0.3) is 0 Å². The largest absolute Gasteiger partial charge is 0.372 e. The van der Waals surface area contributed by atoms with Crippen molar-refractivity contribution in [1.29, 1.82) is 0 Å². The van der Waals surface area contributed by atoms with Crippen molar-refractivity contribution in [2.45, 2.75) is 20.5 Å². The zero-order chi connectivity index (χ0) is 10.4. The first-order valence-electron chi connectivity index (χ1n) is 4.89. The Labute approximate surface area is 84.5 Å². The predicted octanol–water partition coefficient (Wildman–Crippen LogP) is 0.250. The Kier molecular flexibility index (Phi) is 4.55. The van der Waals surface area contributed by atoms with Crippen LogP contribution in [0.25, 0.3) is 0 Å². The van der Waals surface area contributed by atoms with Gasteiger partial charge in [-0.1, -0.05) is 6.92 Å². The molecule has 0 amide bonds. The molecule has 1 rings (SSSR count). The van der Waals surface area contributed by atoms with Gasteiger partial charge in [-0.15, -0.1) is 10.2 Å². The molecule has 1 N–H and O–H groups in total. The first-order chi connectivity index (χ1) is 6.75. The zero-order valence-electron chi connectivity index (χ0n) is 9.08. The Morgan fingerprint density at radius 2 is 2.21 bits per heavy atom. The SMILES string of the molecule is CCNCCOCc1nnc(C)n1C. The van der Waals surface area contributed by atoms with E-state index in [4.69, 9.17) is 4.74 Å². The summed E-state index contributed by atoms with van der Waals surface area (Å²) in [6, 6.07) is 0. The van der Waals surface area contributed by atoms with Gasteiger partial charge in [-0.25, -0.2) is 0 Å². The van der Waals surface area contributed by atoms with Crippen molar-refractivity contribution in [2.75, 3.05) is 19.7 Å². The Bertz CT molecular complexity index is 272. The molecular formula is C9H18N4O. The van der Waals surface area contributed by atoms with Crippen molar-refractivity contribution in [1.82, 2.24) is 20.1 Å². The number of hydrogen-bond acceptors (Lipinski definition) is 4. The molecule has 0 aliphatic rings. The third-order valence-corrected chi connectivity index (χ3v) is 2.09. The lowest BCUT2D eigenvalue weighted by Gasteiger charge is -2.04. The number of nitrogens with zero attached hydrogens (tertiary/aromatic N) is 3. The molecule has 80 valence electrons. The van der Waals surface area contributed by atoms with Crippen molar-refractivity contribution >= 4 is 0 Å². The van der Waals surface area contributed by atoms with Gasteiger partial charge >= 0.3 is 0 Å². The minimum Gasteiger partial charge on any atom is -0.372 e. The quantitative estimate of drug-likeness (QED) is 0.666. The van der Waals surface area contributed by atoms with E-state index in [1.54, 1.807) is 0 Å². The van der Waals surface area contributed by atoms with Gasteiger partial charge in [-0.05, 0) is 13.5 Å². The van der Waals surface area contributed by atoms with Gasteiger partial charge in [0.1, 0.15) is 12.4 Å². The number of likely N-dealkylation sites (N-methyl/N-ethyl adjacent to an activating group) is 1. The van der Waals surface area contributed by atoms with Crippen LogP contribution in [0.3, 0.4) is 0 Å². The molecule has 5 heteroatoms. The maximum Gasteiger partial charge on any atom is 0.158 e. The monoisotopic (exact) mass is 198 g/mol. The normalized spacial score (nSPS) is 10.8. The van der Waals surface area contributed by atoms with Crippen molar-refractivity contribution in [3.05, 3.63) is 11.6 Å². The number of ether oxygens (including phenoxy) is 1. The highest BCUT2D eigenvalue weighted by atomic mass is 16.5. The van der Waals surface area contributed by atoms with Crippen LogP contribution in [-0.4, -0.2) is 34.5 Å². The maximum absolute atomic E-state index is 5.43. The molecule has 0 saturated carbocycles. The molecule has 0 saturated heterocycles. The average Bonchev–Trinajstić information content (AvgIpc) is 2.49. The summed E-state index contributed by atoms with van der Waals surface area (Å²) in [5.74, 6) is 1.79. The van der Waals surface area contributed by atoms with Crippen LogP contribution in [0.2, 0.25) is 0 Å². The molecule has 0 atom stereocenters. The summed E-state index contributed by atoms with van der Waals surface area (Å²) < 4.78 is 7.37. The number of rotatable bonds is 6. The molecule has 14 heavy (non-hydrogen) atoms. The lowest BCUT2D eigenvalue weighted by Crippen LogP contribution is -2.19. The van der Waals surface area contributed by atoms with Crippen LogP contribution in [0.1, 0.15) is 18.6 Å². The van der Waals surface area contributed by atoms with Gasteiger partial charge in [0.15, 0.2) is 5.82 Å². The van der Waals surface area contributed by atoms with E-state index in [1.165, 1.54) is 0 Å². The van der Waals surface area contributed by atoms with Crippen LogP contribution in [0.5, 0.6) is 0 Å². The van der Waals surface area contributed by atoms with Crippen molar-refractivity contribution in [3.63, 3.8) is 0 Å². The highest BCUT2D eigenvalue weighted by Crippen LogP contribution is 1.98. The maximum atomic E-state index is 5.43. The Morgan fingerprint density at radius 3 is 2.79 bits per heavy atom. The molecule has 1 heterocycles. The zero-order valence-corrected chi connectivity index (χ0v) is 9.08. The molecule has 1 aromatic rings. The molecular weight excluding hydrogens is 180 g/mol. The molecule has 0 aliphatic heterocycles. The summed E-state index contributed by atoms with van der Waals surface area (Å²) in [5.41, 5.74) is 0. The van der Waals surface area contributed by atoms with Crippen molar-refractivity contribution in [3.8, 4) is 0 Å². The summed E-state index contributed by atoms with van der Waals surface area (Å²) in [4.78, 5) is 0. The van der Waals surface area contributed by atoms with E-state index in [-0.39, 0.29) is 0 Å². The van der Waals surface area contributed by atoms with Crippen molar-refractivity contribution in [2.24, 2.45) is 7.05 Å². The van der Waals surface area contributed by atoms with Gasteiger partial charge in [0.05, 0.1) is 6.61 Å². The average molecular weight is 198 g/mol. The molecule has 0 spiro atoms. The van der Waals surface area contributed by atoms with Crippen LogP contribution in [0.15, 0.2) is 0 Å². The van der Waals surface area contributed by atoms with Gasteiger partial charge in [0, 0.05) is 13.6 Å². The number of hydrogen-bond donors (Lipinski definition) is 1. The van der Waals surface area contributed by atoms with E-state index in [1.807, 2.05) is 18.5 Å². The Balaban J connectivity index is 2.21. The minimum absolute atomic E-state index is 0.530. The molecule has 0 unspecified atom stereocenters. The molecule has 0 bridgehead atoms. The van der Waals surface area contributed by atoms with Crippen LogP contribution in [-0.2, 0) is 18.4 Å². The highest BCUT2D eigenvalue weighted by molar-refractivity contribution is 4.90. The summed E-state index contributed by atoms with van der Waals surface area (Å²) in [6.45, 7) is 7.10. The first kappa shape index (κ1) is 11.1. The van der Waals surface area contributed by atoms with E-state index in [9.17, 15) is 0 Å². The second-order valence-electron chi connectivity index (χ2n) is 3.13. The van der Waals surface area contributed by atoms with E-state index >= 15 is 0 Å². The number of aryl methyl sites for hydroxylation is 1. The van der Waals surface area contributed by atoms with Crippen LogP contribution >= 0.6 is 0 Å². The van der Waals surface area contributed by atoms with E-state index in [2.05, 4.69) is 22.4 Å². The fraction of sp³-hybridized carbons (Fsp3) is 0.778. The predicted molar refractivity (Wildman–Crippen MR) is 53.9 cm³/mol. The Hall–Kier alpha value is -0.940. The van der Waals surface area contributed by atoms with Gasteiger partial charge in [-0.3, -0.25) is 0 Å². The molecule has 0 aliphatic carbocycles.